The van der Waals surface area contributed by atoms with Crippen molar-refractivity contribution in [3.05, 3.63) is 29.8 Å². The van der Waals surface area contributed by atoms with Crippen LogP contribution in [0.5, 0.6) is 0 Å². The molecule has 2 amide bonds. The molecule has 1 fully saturated rings. The molecule has 128 valence electrons. The van der Waals surface area contributed by atoms with Gasteiger partial charge in [-0.3, -0.25) is 9.59 Å². The van der Waals surface area contributed by atoms with E-state index in [-0.39, 0.29) is 30.0 Å². The Balaban J connectivity index is 0.00000264. The lowest BCUT2D eigenvalue weighted by atomic mass is 9.96. The average Bonchev–Trinajstić information content (AvgIpc) is 2.54. The molecule has 1 heterocycles. The summed E-state index contributed by atoms with van der Waals surface area (Å²) in [6, 6.07) is 7.30. The van der Waals surface area contributed by atoms with Crippen LogP contribution in [0.1, 0.15) is 29.6 Å². The zero-order valence-electron chi connectivity index (χ0n) is 13.0. The third-order valence-electron chi connectivity index (χ3n) is 3.74. The standard InChI is InChI=1S/C16H23N3O2S.ClH/c17-15(20)11-22-14-6-2-1-5-13(14)16(21)19-9-7-12-4-3-8-18-10-12;/h1-2,5-6,12,18H,3-4,7-11H2,(H2,17,20)(H,19,21);1H. The van der Waals surface area contributed by atoms with Crippen molar-refractivity contribution in [1.29, 1.82) is 0 Å². The highest BCUT2D eigenvalue weighted by molar-refractivity contribution is 8.00. The fourth-order valence-corrected chi connectivity index (χ4v) is 3.37. The lowest BCUT2D eigenvalue weighted by Crippen LogP contribution is -2.33. The second-order valence-corrected chi connectivity index (χ2v) is 6.53. The molecular weight excluding hydrogens is 334 g/mol. The first kappa shape index (κ1) is 19.8. The molecule has 1 aliphatic heterocycles. The van der Waals surface area contributed by atoms with Gasteiger partial charge in [-0.1, -0.05) is 12.1 Å². The number of carbonyl (C=O) groups excluding carboxylic acids is 2. The van der Waals surface area contributed by atoms with Gasteiger partial charge in [0, 0.05) is 11.4 Å². The summed E-state index contributed by atoms with van der Waals surface area (Å²) in [6.07, 6.45) is 3.44. The van der Waals surface area contributed by atoms with Crippen LogP contribution in [0.25, 0.3) is 0 Å². The molecule has 1 saturated heterocycles. The topological polar surface area (TPSA) is 84.2 Å². The summed E-state index contributed by atoms with van der Waals surface area (Å²) in [7, 11) is 0. The van der Waals surface area contributed by atoms with Crippen LogP contribution < -0.4 is 16.4 Å². The monoisotopic (exact) mass is 357 g/mol. The molecule has 1 aromatic rings. The molecule has 4 N–H and O–H groups in total. The van der Waals surface area contributed by atoms with E-state index in [1.54, 1.807) is 6.07 Å². The highest BCUT2D eigenvalue weighted by Crippen LogP contribution is 2.22. The largest absolute Gasteiger partial charge is 0.369 e. The number of benzene rings is 1. The van der Waals surface area contributed by atoms with E-state index >= 15 is 0 Å². The first-order valence-electron chi connectivity index (χ1n) is 7.66. The zero-order chi connectivity index (χ0) is 15.8. The fraction of sp³-hybridized carbons (Fsp3) is 0.500. The number of rotatable bonds is 7. The zero-order valence-corrected chi connectivity index (χ0v) is 14.7. The van der Waals surface area contributed by atoms with Crippen LogP contribution in [0.4, 0.5) is 0 Å². The number of thioether (sulfide) groups is 1. The van der Waals surface area contributed by atoms with Crippen molar-refractivity contribution in [1.82, 2.24) is 10.6 Å². The minimum absolute atomic E-state index is 0. The minimum atomic E-state index is -0.384. The van der Waals surface area contributed by atoms with E-state index in [0.717, 1.165) is 24.4 Å². The molecule has 7 heteroatoms. The van der Waals surface area contributed by atoms with Gasteiger partial charge in [0.25, 0.3) is 5.91 Å². The molecule has 2 rings (SSSR count). The highest BCUT2D eigenvalue weighted by atomic mass is 35.5. The van der Waals surface area contributed by atoms with E-state index in [0.29, 0.717) is 18.0 Å². The van der Waals surface area contributed by atoms with Gasteiger partial charge >= 0.3 is 0 Å². The van der Waals surface area contributed by atoms with Gasteiger partial charge in [-0.25, -0.2) is 0 Å². The molecule has 0 spiro atoms. The van der Waals surface area contributed by atoms with Crippen molar-refractivity contribution in [2.45, 2.75) is 24.2 Å². The van der Waals surface area contributed by atoms with E-state index in [1.165, 1.54) is 24.6 Å². The number of nitrogens with two attached hydrogens (primary N) is 1. The smallest absolute Gasteiger partial charge is 0.252 e. The number of primary amides is 1. The molecule has 5 nitrogen and oxygen atoms in total. The van der Waals surface area contributed by atoms with Crippen molar-refractivity contribution in [3.8, 4) is 0 Å². The summed E-state index contributed by atoms with van der Waals surface area (Å²) in [4.78, 5) is 24.0. The van der Waals surface area contributed by atoms with Crippen LogP contribution in [0.15, 0.2) is 29.2 Å². The Morgan fingerprint density at radius 1 is 1.35 bits per heavy atom. The molecule has 1 aliphatic rings. The van der Waals surface area contributed by atoms with Crippen molar-refractivity contribution in [3.63, 3.8) is 0 Å². The Labute approximate surface area is 147 Å². The first-order chi connectivity index (χ1) is 10.7. The number of halogens is 1. The van der Waals surface area contributed by atoms with Crippen molar-refractivity contribution in [2.24, 2.45) is 11.7 Å². The quantitative estimate of drug-likeness (QED) is 0.650. The van der Waals surface area contributed by atoms with Crippen LogP contribution in [0.3, 0.4) is 0 Å². The van der Waals surface area contributed by atoms with Crippen LogP contribution in [-0.4, -0.2) is 37.2 Å². The van der Waals surface area contributed by atoms with E-state index in [9.17, 15) is 9.59 Å². The number of carbonyl (C=O) groups is 2. The highest BCUT2D eigenvalue weighted by Gasteiger charge is 2.15. The number of amides is 2. The second-order valence-electron chi connectivity index (χ2n) is 5.51. The first-order valence-corrected chi connectivity index (χ1v) is 8.64. The average molecular weight is 358 g/mol. The maximum atomic E-state index is 12.3. The van der Waals surface area contributed by atoms with Crippen molar-refractivity contribution in [2.75, 3.05) is 25.4 Å². The maximum Gasteiger partial charge on any atom is 0.252 e. The molecular formula is C16H24ClN3O2S. The summed E-state index contributed by atoms with van der Waals surface area (Å²) < 4.78 is 0. The van der Waals surface area contributed by atoms with Crippen LogP contribution >= 0.6 is 24.2 Å². The number of hydrogen-bond donors (Lipinski definition) is 3. The molecule has 0 saturated carbocycles. The van der Waals surface area contributed by atoms with Crippen molar-refractivity contribution >= 4 is 36.0 Å². The Morgan fingerprint density at radius 3 is 2.83 bits per heavy atom. The second kappa shape index (κ2) is 10.5. The summed E-state index contributed by atoms with van der Waals surface area (Å²) in [5, 5.41) is 6.36. The SMILES string of the molecule is Cl.NC(=O)CSc1ccccc1C(=O)NCCC1CCCNC1. The predicted octanol–water partition coefficient (Wildman–Crippen LogP) is 1.81. The Kier molecular flexibility index (Phi) is 9.06. The molecule has 0 bridgehead atoms. The van der Waals surface area contributed by atoms with E-state index in [1.807, 2.05) is 18.2 Å². The van der Waals surface area contributed by atoms with Crippen LogP contribution in [0.2, 0.25) is 0 Å². The van der Waals surface area contributed by atoms with Gasteiger partial charge in [-0.15, -0.1) is 24.2 Å². The summed E-state index contributed by atoms with van der Waals surface area (Å²) in [5.74, 6) is 0.354. The summed E-state index contributed by atoms with van der Waals surface area (Å²) in [5.41, 5.74) is 5.77. The van der Waals surface area contributed by atoms with Gasteiger partial charge in [0.2, 0.25) is 5.91 Å². The van der Waals surface area contributed by atoms with E-state index < -0.39 is 0 Å². The van der Waals surface area contributed by atoms with Gasteiger partial charge in [-0.05, 0) is 50.4 Å². The molecule has 0 radical (unpaired) electrons. The summed E-state index contributed by atoms with van der Waals surface area (Å²) >= 11 is 1.30. The summed E-state index contributed by atoms with van der Waals surface area (Å²) in [6.45, 7) is 2.83. The number of piperidine rings is 1. The Bertz CT molecular complexity index is 522. The van der Waals surface area contributed by atoms with E-state index in [4.69, 9.17) is 5.73 Å². The van der Waals surface area contributed by atoms with Gasteiger partial charge in [0.1, 0.15) is 0 Å². The predicted molar refractivity (Wildman–Crippen MR) is 96.2 cm³/mol. The third kappa shape index (κ3) is 6.81. The van der Waals surface area contributed by atoms with E-state index in [2.05, 4.69) is 10.6 Å². The molecule has 23 heavy (non-hydrogen) atoms. The van der Waals surface area contributed by atoms with Crippen LogP contribution in [-0.2, 0) is 4.79 Å². The minimum Gasteiger partial charge on any atom is -0.369 e. The maximum absolute atomic E-state index is 12.3. The molecule has 0 aliphatic carbocycles. The molecule has 1 atom stereocenters. The Hall–Kier alpha value is -1.24. The van der Waals surface area contributed by atoms with Crippen molar-refractivity contribution < 1.29 is 9.59 Å². The lowest BCUT2D eigenvalue weighted by molar-refractivity contribution is -0.115. The van der Waals surface area contributed by atoms with Gasteiger partial charge in [0.05, 0.1) is 11.3 Å². The molecule has 1 aromatic carbocycles. The Morgan fingerprint density at radius 2 is 2.13 bits per heavy atom. The lowest BCUT2D eigenvalue weighted by Gasteiger charge is -2.22. The number of nitrogens with one attached hydrogen (secondary N) is 2. The number of hydrogen-bond acceptors (Lipinski definition) is 4. The normalized spacial score (nSPS) is 17.1. The van der Waals surface area contributed by atoms with Gasteiger partial charge in [0.15, 0.2) is 0 Å². The van der Waals surface area contributed by atoms with Gasteiger partial charge in [-0.2, -0.15) is 0 Å². The molecule has 1 unspecified atom stereocenters. The van der Waals surface area contributed by atoms with Crippen LogP contribution in [0, 0.1) is 5.92 Å². The fourth-order valence-electron chi connectivity index (χ4n) is 2.58. The van der Waals surface area contributed by atoms with Gasteiger partial charge < -0.3 is 16.4 Å². The third-order valence-corrected chi connectivity index (χ3v) is 4.83. The molecule has 0 aromatic heterocycles.